The van der Waals surface area contributed by atoms with Gasteiger partial charge in [0.2, 0.25) is 0 Å². The number of Topliss-reactive ketones (excluding diaryl/α,β-unsaturated/α-hetero) is 1. The smallest absolute Gasteiger partial charge is 0.307 e. The van der Waals surface area contributed by atoms with E-state index in [-0.39, 0.29) is 11.5 Å². The van der Waals surface area contributed by atoms with E-state index in [9.17, 15) is 9.59 Å². The van der Waals surface area contributed by atoms with Crippen LogP contribution in [0, 0.1) is 17.8 Å². The number of ketones is 1. The molecule has 8 heteroatoms. The van der Waals surface area contributed by atoms with Gasteiger partial charge < -0.3 is 14.7 Å². The zero-order valence-corrected chi connectivity index (χ0v) is 17.3. The Morgan fingerprint density at radius 1 is 1.17 bits per heavy atom. The molecular weight excluding hydrogens is 415 g/mol. The highest BCUT2D eigenvalue weighted by Crippen LogP contribution is 2.43. The van der Waals surface area contributed by atoms with Crippen LogP contribution in [0.3, 0.4) is 0 Å². The van der Waals surface area contributed by atoms with E-state index in [1.165, 1.54) is 7.11 Å². The fourth-order valence-corrected chi connectivity index (χ4v) is 3.72. The summed E-state index contributed by atoms with van der Waals surface area (Å²) in [6, 6.07) is 7.22. The van der Waals surface area contributed by atoms with E-state index >= 15 is 0 Å². The number of methoxy groups -OCH3 is 1. The van der Waals surface area contributed by atoms with Crippen molar-refractivity contribution in [2.75, 3.05) is 18.6 Å². The van der Waals surface area contributed by atoms with E-state index < -0.39 is 17.8 Å². The predicted octanol–water partition coefficient (Wildman–Crippen LogP) is 4.85. The number of pyridine rings is 1. The molecule has 0 spiro atoms. The number of carbonyl (C=O) groups excluding carboxylic acids is 1. The molecule has 2 fully saturated rings. The van der Waals surface area contributed by atoms with Crippen LogP contribution < -0.4 is 9.64 Å². The number of rotatable bonds is 8. The second-order valence-corrected chi connectivity index (χ2v) is 8.36. The van der Waals surface area contributed by atoms with Gasteiger partial charge in [0.25, 0.3) is 0 Å². The monoisotopic (exact) mass is 434 g/mol. The van der Waals surface area contributed by atoms with Gasteiger partial charge in [-0.1, -0.05) is 23.2 Å². The van der Waals surface area contributed by atoms with Crippen molar-refractivity contribution in [2.45, 2.75) is 19.3 Å². The summed E-state index contributed by atoms with van der Waals surface area (Å²) in [6.07, 6.45) is 4.30. The minimum absolute atomic E-state index is 0.172. The van der Waals surface area contributed by atoms with E-state index in [0.717, 1.165) is 30.8 Å². The number of hydrogen-bond acceptors (Lipinski definition) is 5. The van der Waals surface area contributed by atoms with Crippen LogP contribution in [0.1, 0.15) is 29.8 Å². The van der Waals surface area contributed by atoms with Gasteiger partial charge in [-0.15, -0.1) is 0 Å². The molecule has 29 heavy (non-hydrogen) atoms. The van der Waals surface area contributed by atoms with E-state index in [0.29, 0.717) is 28.1 Å². The van der Waals surface area contributed by atoms with Crippen molar-refractivity contribution in [1.82, 2.24) is 4.98 Å². The van der Waals surface area contributed by atoms with Crippen molar-refractivity contribution in [1.29, 1.82) is 0 Å². The van der Waals surface area contributed by atoms with Crippen LogP contribution in [-0.4, -0.2) is 35.5 Å². The predicted molar refractivity (Wildman–Crippen MR) is 111 cm³/mol. The normalized spacial score (nSPS) is 20.2. The first kappa shape index (κ1) is 20.0. The van der Waals surface area contributed by atoms with Crippen molar-refractivity contribution in [3.8, 4) is 5.75 Å². The van der Waals surface area contributed by atoms with Gasteiger partial charge in [0.05, 0.1) is 35.0 Å². The average molecular weight is 435 g/mol. The number of carbonyl (C=O) groups is 2. The number of nitrogens with zero attached hydrogens (tertiary/aromatic N) is 2. The molecule has 0 bridgehead atoms. The summed E-state index contributed by atoms with van der Waals surface area (Å²) in [5, 5.41) is 10.0. The number of carboxylic acid groups (broad SMARTS) is 1. The molecule has 2 aliphatic carbocycles. The Morgan fingerprint density at radius 3 is 2.52 bits per heavy atom. The first-order valence-electron chi connectivity index (χ1n) is 9.42. The zero-order chi connectivity index (χ0) is 20.7. The van der Waals surface area contributed by atoms with Crippen LogP contribution in [0.5, 0.6) is 5.75 Å². The number of halogens is 2. The molecule has 2 aromatic rings. The number of aliphatic carboxylic acids is 1. The van der Waals surface area contributed by atoms with Crippen molar-refractivity contribution in [3.63, 3.8) is 0 Å². The van der Waals surface area contributed by atoms with Crippen molar-refractivity contribution in [2.24, 2.45) is 17.8 Å². The molecule has 0 amide bonds. The maximum atomic E-state index is 12.7. The van der Waals surface area contributed by atoms with Gasteiger partial charge >= 0.3 is 5.97 Å². The quantitative estimate of drug-likeness (QED) is 0.598. The van der Waals surface area contributed by atoms with Gasteiger partial charge in [0.15, 0.2) is 5.78 Å². The first-order chi connectivity index (χ1) is 13.9. The molecule has 152 valence electrons. The lowest BCUT2D eigenvalue weighted by Crippen LogP contribution is -2.21. The number of anilines is 2. The largest absolute Gasteiger partial charge is 0.494 e. The molecule has 1 N–H and O–H groups in total. The minimum Gasteiger partial charge on any atom is -0.494 e. The number of carboxylic acids is 1. The lowest BCUT2D eigenvalue weighted by molar-refractivity contribution is -0.138. The molecule has 0 saturated heterocycles. The lowest BCUT2D eigenvalue weighted by Gasteiger charge is -2.26. The standard InChI is InChI=1S/C21H20Cl2N2O4/c1-29-18-7-13(9-24-19(18)20(26)14-8-15(14)21(27)28)25(10-11-2-3-11)12-4-5-16(22)17(23)6-12/h4-7,9,11,14-15H,2-3,8,10H2,1H3,(H,27,28)/t14-,15-/m0/s1. The van der Waals surface area contributed by atoms with E-state index in [4.69, 9.17) is 33.0 Å². The Labute approximate surface area is 178 Å². The number of benzene rings is 1. The molecule has 2 aliphatic rings. The van der Waals surface area contributed by atoms with Gasteiger partial charge in [-0.25, -0.2) is 4.98 Å². The molecule has 0 unspecified atom stereocenters. The molecule has 0 radical (unpaired) electrons. The van der Waals surface area contributed by atoms with Crippen LogP contribution in [0.2, 0.25) is 10.0 Å². The maximum Gasteiger partial charge on any atom is 0.307 e. The van der Waals surface area contributed by atoms with Crippen LogP contribution in [0.25, 0.3) is 0 Å². The van der Waals surface area contributed by atoms with Gasteiger partial charge in [0.1, 0.15) is 11.4 Å². The highest BCUT2D eigenvalue weighted by Gasteiger charge is 2.49. The van der Waals surface area contributed by atoms with Gasteiger partial charge in [-0.05, 0) is 43.4 Å². The Bertz CT molecular complexity index is 977. The summed E-state index contributed by atoms with van der Waals surface area (Å²) in [7, 11) is 1.48. The van der Waals surface area contributed by atoms with Crippen LogP contribution in [-0.2, 0) is 4.79 Å². The molecule has 1 aromatic carbocycles. The maximum absolute atomic E-state index is 12.7. The Hall–Kier alpha value is -2.31. The molecular formula is C21H20Cl2N2O4. The molecule has 2 atom stereocenters. The summed E-state index contributed by atoms with van der Waals surface area (Å²) >= 11 is 12.3. The number of hydrogen-bond donors (Lipinski definition) is 1. The van der Waals surface area contributed by atoms with Gasteiger partial charge in [0, 0.05) is 24.2 Å². The summed E-state index contributed by atoms with van der Waals surface area (Å²) in [6.45, 7) is 0.791. The summed E-state index contributed by atoms with van der Waals surface area (Å²) in [5.74, 6) is -1.48. The van der Waals surface area contributed by atoms with E-state index in [1.54, 1.807) is 24.4 Å². The third-order valence-electron chi connectivity index (χ3n) is 5.40. The average Bonchev–Trinajstić information content (AvgIpc) is 3.61. The highest BCUT2D eigenvalue weighted by atomic mass is 35.5. The van der Waals surface area contributed by atoms with E-state index in [1.807, 2.05) is 6.07 Å². The third kappa shape index (κ3) is 4.19. The second kappa shape index (κ2) is 7.84. The Balaban J connectivity index is 1.65. The van der Waals surface area contributed by atoms with Crippen LogP contribution >= 0.6 is 23.2 Å². The Morgan fingerprint density at radius 2 is 1.93 bits per heavy atom. The second-order valence-electron chi connectivity index (χ2n) is 7.55. The minimum atomic E-state index is -0.950. The van der Waals surface area contributed by atoms with Crippen molar-refractivity contribution in [3.05, 3.63) is 46.2 Å². The highest BCUT2D eigenvalue weighted by molar-refractivity contribution is 6.42. The molecule has 6 nitrogen and oxygen atoms in total. The van der Waals surface area contributed by atoms with Crippen LogP contribution in [0.15, 0.2) is 30.5 Å². The number of aromatic nitrogens is 1. The Kier molecular flexibility index (Phi) is 5.40. The third-order valence-corrected chi connectivity index (χ3v) is 6.14. The van der Waals surface area contributed by atoms with Gasteiger partial charge in [-0.2, -0.15) is 0 Å². The first-order valence-corrected chi connectivity index (χ1v) is 10.2. The van der Waals surface area contributed by atoms with Crippen LogP contribution in [0.4, 0.5) is 11.4 Å². The fourth-order valence-electron chi connectivity index (χ4n) is 3.43. The van der Waals surface area contributed by atoms with E-state index in [2.05, 4.69) is 9.88 Å². The van der Waals surface area contributed by atoms with Crippen molar-refractivity contribution >= 4 is 46.3 Å². The molecule has 1 heterocycles. The fraction of sp³-hybridized carbons (Fsp3) is 0.381. The molecule has 4 rings (SSSR count). The summed E-state index contributed by atoms with van der Waals surface area (Å²) < 4.78 is 5.43. The summed E-state index contributed by atoms with van der Waals surface area (Å²) in [5.41, 5.74) is 1.82. The topological polar surface area (TPSA) is 79.7 Å². The van der Waals surface area contributed by atoms with Crippen molar-refractivity contribution < 1.29 is 19.4 Å². The van der Waals surface area contributed by atoms with Gasteiger partial charge in [-0.3, -0.25) is 9.59 Å². The summed E-state index contributed by atoms with van der Waals surface area (Å²) in [4.78, 5) is 30.2. The molecule has 0 aliphatic heterocycles. The lowest BCUT2D eigenvalue weighted by atomic mass is 10.1. The molecule has 2 saturated carbocycles. The number of ether oxygens (including phenoxy) is 1. The molecule has 1 aromatic heterocycles. The SMILES string of the molecule is COc1cc(N(CC2CC2)c2ccc(Cl)c(Cl)c2)cnc1C(=O)[C@H]1C[C@@H]1C(=O)O. The zero-order valence-electron chi connectivity index (χ0n) is 15.8.